The molecule has 0 aromatic rings. The quantitative estimate of drug-likeness (QED) is 0.0350. The van der Waals surface area contributed by atoms with Crippen LogP contribution in [0.4, 0.5) is 0 Å². The van der Waals surface area contributed by atoms with Gasteiger partial charge in [-0.1, -0.05) is 221 Å². The number of ether oxygens (including phenoxy) is 3. The van der Waals surface area contributed by atoms with Crippen molar-refractivity contribution < 1.29 is 28.6 Å². The SMILES string of the molecule is CCCCCCCCCCCCCCCC(=O)OC[C@H](COC(=O)CCCCCCCCCCCCC(C)C)OC(=O)CCCCCCCCC(C)CC. The summed E-state index contributed by atoms with van der Waals surface area (Å²) in [5, 5.41) is 0. The van der Waals surface area contributed by atoms with Crippen LogP contribution < -0.4 is 0 Å². The third-order valence-corrected chi connectivity index (χ3v) is 11.1. The van der Waals surface area contributed by atoms with Gasteiger partial charge in [-0.3, -0.25) is 14.4 Å². The van der Waals surface area contributed by atoms with Gasteiger partial charge in [-0.25, -0.2) is 0 Å². The molecule has 0 aliphatic heterocycles. The van der Waals surface area contributed by atoms with Crippen molar-refractivity contribution in [2.45, 2.75) is 265 Å². The minimum atomic E-state index is -0.761. The highest BCUT2D eigenvalue weighted by Crippen LogP contribution is 2.17. The Morgan fingerprint density at radius 3 is 1.06 bits per heavy atom. The van der Waals surface area contributed by atoms with Crippen molar-refractivity contribution >= 4 is 17.9 Å². The predicted octanol–water partition coefficient (Wildman–Crippen LogP) is 15.0. The molecule has 0 heterocycles. The largest absolute Gasteiger partial charge is 0.462 e. The van der Waals surface area contributed by atoms with E-state index in [0.29, 0.717) is 19.3 Å². The smallest absolute Gasteiger partial charge is 0.306 e. The summed E-state index contributed by atoms with van der Waals surface area (Å²) in [5.41, 5.74) is 0. The fourth-order valence-corrected chi connectivity index (χ4v) is 7.07. The van der Waals surface area contributed by atoms with Crippen LogP contribution in [0.3, 0.4) is 0 Å². The van der Waals surface area contributed by atoms with E-state index in [9.17, 15) is 14.4 Å². The Hall–Kier alpha value is -1.59. The zero-order valence-corrected chi connectivity index (χ0v) is 36.8. The van der Waals surface area contributed by atoms with Crippen LogP contribution in [-0.2, 0) is 28.6 Å². The second kappa shape index (κ2) is 41.1. The van der Waals surface area contributed by atoms with Gasteiger partial charge in [-0.05, 0) is 31.1 Å². The fourth-order valence-electron chi connectivity index (χ4n) is 7.07. The highest BCUT2D eigenvalue weighted by atomic mass is 16.6. The van der Waals surface area contributed by atoms with E-state index in [1.807, 2.05) is 0 Å². The summed E-state index contributed by atoms with van der Waals surface area (Å²) in [4.78, 5) is 37.8. The first-order valence-corrected chi connectivity index (χ1v) is 23.8. The third-order valence-electron chi connectivity index (χ3n) is 11.1. The van der Waals surface area contributed by atoms with Crippen LogP contribution in [0.25, 0.3) is 0 Å². The Kier molecular flexibility index (Phi) is 39.8. The Labute approximate surface area is 336 Å². The van der Waals surface area contributed by atoms with Crippen molar-refractivity contribution in [2.75, 3.05) is 13.2 Å². The normalized spacial score (nSPS) is 12.6. The maximum absolute atomic E-state index is 12.7. The second-order valence-corrected chi connectivity index (χ2v) is 17.1. The molecule has 54 heavy (non-hydrogen) atoms. The number of unbranched alkanes of at least 4 members (excludes halogenated alkanes) is 26. The van der Waals surface area contributed by atoms with E-state index in [0.717, 1.165) is 69.6 Å². The molecule has 1 unspecified atom stereocenters. The summed E-state index contributed by atoms with van der Waals surface area (Å²) in [6, 6.07) is 0. The van der Waals surface area contributed by atoms with Crippen molar-refractivity contribution in [1.82, 2.24) is 0 Å². The van der Waals surface area contributed by atoms with Gasteiger partial charge in [-0.15, -0.1) is 0 Å². The molecule has 0 rings (SSSR count). The zero-order chi connectivity index (χ0) is 39.7. The lowest BCUT2D eigenvalue weighted by molar-refractivity contribution is -0.167. The molecule has 0 aromatic heterocycles. The molecule has 0 fully saturated rings. The third kappa shape index (κ3) is 40.1. The molecule has 0 saturated heterocycles. The van der Waals surface area contributed by atoms with E-state index in [2.05, 4.69) is 34.6 Å². The molecule has 0 radical (unpaired) electrons. The molecule has 0 aliphatic carbocycles. The maximum atomic E-state index is 12.7. The lowest BCUT2D eigenvalue weighted by Crippen LogP contribution is -2.30. The number of carbonyl (C=O) groups is 3. The second-order valence-electron chi connectivity index (χ2n) is 17.1. The zero-order valence-electron chi connectivity index (χ0n) is 36.8. The first-order valence-electron chi connectivity index (χ1n) is 23.8. The van der Waals surface area contributed by atoms with E-state index in [1.165, 1.54) is 148 Å². The van der Waals surface area contributed by atoms with Crippen LogP contribution in [0.1, 0.15) is 259 Å². The minimum absolute atomic E-state index is 0.0653. The van der Waals surface area contributed by atoms with Crippen LogP contribution in [0.15, 0.2) is 0 Å². The molecular formula is C48H92O6. The van der Waals surface area contributed by atoms with Crippen LogP contribution in [-0.4, -0.2) is 37.2 Å². The Morgan fingerprint density at radius 1 is 0.389 bits per heavy atom. The van der Waals surface area contributed by atoms with Gasteiger partial charge in [-0.2, -0.15) is 0 Å². The lowest BCUT2D eigenvalue weighted by atomic mass is 10.00. The van der Waals surface area contributed by atoms with E-state index in [1.54, 1.807) is 0 Å². The van der Waals surface area contributed by atoms with Crippen LogP contribution >= 0.6 is 0 Å². The number of rotatable bonds is 42. The Bertz CT molecular complexity index is 826. The van der Waals surface area contributed by atoms with Crippen LogP contribution in [0.2, 0.25) is 0 Å². The van der Waals surface area contributed by atoms with Gasteiger partial charge in [0.2, 0.25) is 0 Å². The van der Waals surface area contributed by atoms with E-state index in [-0.39, 0.29) is 31.1 Å². The molecule has 0 bridgehead atoms. The molecular weight excluding hydrogens is 673 g/mol. The summed E-state index contributed by atoms with van der Waals surface area (Å²) in [6.07, 6.45) is 39.4. The van der Waals surface area contributed by atoms with E-state index in [4.69, 9.17) is 14.2 Å². The highest BCUT2D eigenvalue weighted by Gasteiger charge is 2.19. The standard InChI is InChI=1S/C48H92O6/c1-6-8-9-10-11-12-13-14-15-19-22-28-33-38-46(49)52-41-45(54-48(51)40-35-30-25-24-27-32-37-44(5)7-2)42-53-47(50)39-34-29-23-20-17-16-18-21-26-31-36-43(3)4/h43-45H,6-42H2,1-5H3/t44?,45-/m1/s1. The van der Waals surface area contributed by atoms with Crippen molar-refractivity contribution in [1.29, 1.82) is 0 Å². The molecule has 320 valence electrons. The fraction of sp³-hybridized carbons (Fsp3) is 0.938. The van der Waals surface area contributed by atoms with Gasteiger partial charge < -0.3 is 14.2 Å². The summed E-state index contributed by atoms with van der Waals surface area (Å²) < 4.78 is 16.7. The van der Waals surface area contributed by atoms with Gasteiger partial charge in [0.1, 0.15) is 13.2 Å². The van der Waals surface area contributed by atoms with Gasteiger partial charge in [0.05, 0.1) is 0 Å². The molecule has 6 heteroatoms. The molecule has 0 aliphatic rings. The van der Waals surface area contributed by atoms with Crippen LogP contribution in [0, 0.1) is 11.8 Å². The first kappa shape index (κ1) is 52.4. The van der Waals surface area contributed by atoms with Crippen molar-refractivity contribution in [3.05, 3.63) is 0 Å². The number of hydrogen-bond donors (Lipinski definition) is 0. The van der Waals surface area contributed by atoms with Gasteiger partial charge in [0.15, 0.2) is 6.10 Å². The number of hydrogen-bond acceptors (Lipinski definition) is 6. The molecule has 0 spiro atoms. The topological polar surface area (TPSA) is 78.9 Å². The summed E-state index contributed by atoms with van der Waals surface area (Å²) in [5.74, 6) is 0.771. The number of carbonyl (C=O) groups excluding carboxylic acids is 3. The van der Waals surface area contributed by atoms with Crippen molar-refractivity contribution in [3.63, 3.8) is 0 Å². The van der Waals surface area contributed by atoms with Crippen molar-refractivity contribution in [3.8, 4) is 0 Å². The van der Waals surface area contributed by atoms with Gasteiger partial charge >= 0.3 is 17.9 Å². The summed E-state index contributed by atoms with van der Waals surface area (Å²) in [7, 11) is 0. The molecule has 2 atom stereocenters. The lowest BCUT2D eigenvalue weighted by Gasteiger charge is -2.18. The monoisotopic (exact) mass is 765 g/mol. The molecule has 0 aromatic carbocycles. The van der Waals surface area contributed by atoms with E-state index < -0.39 is 6.10 Å². The molecule has 0 amide bonds. The summed E-state index contributed by atoms with van der Waals surface area (Å²) >= 11 is 0. The minimum Gasteiger partial charge on any atom is -0.462 e. The van der Waals surface area contributed by atoms with Crippen LogP contribution in [0.5, 0.6) is 0 Å². The average Bonchev–Trinajstić information content (AvgIpc) is 3.15. The van der Waals surface area contributed by atoms with E-state index >= 15 is 0 Å². The Morgan fingerprint density at radius 2 is 0.704 bits per heavy atom. The molecule has 0 N–H and O–H groups in total. The van der Waals surface area contributed by atoms with Gasteiger partial charge in [0.25, 0.3) is 0 Å². The maximum Gasteiger partial charge on any atom is 0.306 e. The van der Waals surface area contributed by atoms with Gasteiger partial charge in [0, 0.05) is 19.3 Å². The first-order chi connectivity index (χ1) is 26.3. The molecule has 6 nitrogen and oxygen atoms in total. The highest BCUT2D eigenvalue weighted by molar-refractivity contribution is 5.71. The number of esters is 3. The average molecular weight is 765 g/mol. The molecule has 0 saturated carbocycles. The summed E-state index contributed by atoms with van der Waals surface area (Å²) in [6.45, 7) is 11.3. The predicted molar refractivity (Wildman–Crippen MR) is 229 cm³/mol. The van der Waals surface area contributed by atoms with Crippen molar-refractivity contribution in [2.24, 2.45) is 11.8 Å². The Balaban J connectivity index is 4.32.